The number of fused-ring (bicyclic) bond motifs is 1. The largest absolute Gasteiger partial charge is 0.494 e. The van der Waals surface area contributed by atoms with Crippen molar-refractivity contribution in [2.24, 2.45) is 0 Å². The van der Waals surface area contributed by atoms with Crippen LogP contribution in [0.4, 0.5) is 11.6 Å². The summed E-state index contributed by atoms with van der Waals surface area (Å²) in [7, 11) is 0. The van der Waals surface area contributed by atoms with Crippen molar-refractivity contribution in [1.29, 1.82) is 0 Å². The number of benzene rings is 2. The maximum Gasteiger partial charge on any atom is 0.257 e. The number of nitrogens with zero attached hydrogens (tertiary/aromatic N) is 2. The van der Waals surface area contributed by atoms with Crippen LogP contribution >= 0.6 is 0 Å². The summed E-state index contributed by atoms with van der Waals surface area (Å²) in [5, 5.41) is 3.20. The van der Waals surface area contributed by atoms with Crippen LogP contribution in [0.3, 0.4) is 0 Å². The molecule has 1 aliphatic rings. The molecule has 1 aromatic heterocycles. The van der Waals surface area contributed by atoms with E-state index in [0.29, 0.717) is 19.1 Å². The van der Waals surface area contributed by atoms with Crippen molar-refractivity contribution in [2.45, 2.75) is 32.9 Å². The molecule has 0 saturated heterocycles. The molecule has 6 heteroatoms. The van der Waals surface area contributed by atoms with Gasteiger partial charge in [0, 0.05) is 37.8 Å². The van der Waals surface area contributed by atoms with Gasteiger partial charge in [0.15, 0.2) is 0 Å². The van der Waals surface area contributed by atoms with Gasteiger partial charge in [-0.15, -0.1) is 0 Å². The van der Waals surface area contributed by atoms with Gasteiger partial charge in [0.1, 0.15) is 5.75 Å². The Labute approximate surface area is 170 Å². The Hall–Kier alpha value is -3.12. The highest BCUT2D eigenvalue weighted by Crippen LogP contribution is 2.21. The van der Waals surface area contributed by atoms with E-state index in [1.807, 2.05) is 42.5 Å². The van der Waals surface area contributed by atoms with Crippen LogP contribution in [0.5, 0.6) is 5.75 Å². The SMILES string of the molecule is CCCOc1cccc(Nc2nc3c(c(=O)[nH]2)CN(Cc2ccccc2)CC3)c1. The van der Waals surface area contributed by atoms with Gasteiger partial charge in [-0.1, -0.05) is 43.3 Å². The first kappa shape index (κ1) is 19.2. The second-order valence-corrected chi connectivity index (χ2v) is 7.29. The smallest absolute Gasteiger partial charge is 0.257 e. The molecule has 0 atom stereocenters. The quantitative estimate of drug-likeness (QED) is 0.641. The first-order valence-corrected chi connectivity index (χ1v) is 10.1. The van der Waals surface area contributed by atoms with E-state index in [2.05, 4.69) is 39.2 Å². The Morgan fingerprint density at radius 2 is 2.03 bits per heavy atom. The third kappa shape index (κ3) is 4.84. The summed E-state index contributed by atoms with van der Waals surface area (Å²) in [6, 6.07) is 18.0. The molecule has 150 valence electrons. The van der Waals surface area contributed by atoms with Crippen molar-refractivity contribution in [3.05, 3.63) is 81.8 Å². The fourth-order valence-corrected chi connectivity index (χ4v) is 3.54. The highest BCUT2D eigenvalue weighted by Gasteiger charge is 2.21. The molecule has 4 rings (SSSR count). The van der Waals surface area contributed by atoms with E-state index in [-0.39, 0.29) is 5.56 Å². The molecular formula is C23H26N4O2. The molecule has 0 aliphatic carbocycles. The molecular weight excluding hydrogens is 364 g/mol. The third-order valence-corrected chi connectivity index (χ3v) is 4.97. The number of aromatic amines is 1. The summed E-state index contributed by atoms with van der Waals surface area (Å²) in [4.78, 5) is 22.5. The molecule has 0 amide bonds. The number of aromatic nitrogens is 2. The Morgan fingerprint density at radius 1 is 1.17 bits per heavy atom. The summed E-state index contributed by atoms with van der Waals surface area (Å²) < 4.78 is 5.67. The molecule has 1 aliphatic heterocycles. The fraction of sp³-hybridized carbons (Fsp3) is 0.304. The van der Waals surface area contributed by atoms with Crippen LogP contribution in [0.15, 0.2) is 59.4 Å². The van der Waals surface area contributed by atoms with Crippen molar-refractivity contribution in [3.8, 4) is 5.75 Å². The first-order valence-electron chi connectivity index (χ1n) is 10.1. The summed E-state index contributed by atoms with van der Waals surface area (Å²) in [6.45, 7) is 5.09. The van der Waals surface area contributed by atoms with Gasteiger partial charge in [-0.05, 0) is 24.1 Å². The zero-order chi connectivity index (χ0) is 20.1. The van der Waals surface area contributed by atoms with Crippen molar-refractivity contribution >= 4 is 11.6 Å². The van der Waals surface area contributed by atoms with E-state index in [9.17, 15) is 4.79 Å². The number of ether oxygens (including phenoxy) is 1. The molecule has 2 aromatic carbocycles. The molecule has 0 spiro atoms. The lowest BCUT2D eigenvalue weighted by atomic mass is 10.1. The van der Waals surface area contributed by atoms with Crippen molar-refractivity contribution in [1.82, 2.24) is 14.9 Å². The zero-order valence-electron chi connectivity index (χ0n) is 16.6. The number of nitrogens with one attached hydrogen (secondary N) is 2. The number of H-pyrrole nitrogens is 1. The summed E-state index contributed by atoms with van der Waals surface area (Å²) in [5.74, 6) is 1.27. The van der Waals surface area contributed by atoms with Crippen LogP contribution in [-0.4, -0.2) is 28.0 Å². The number of rotatable bonds is 7. The lowest BCUT2D eigenvalue weighted by Gasteiger charge is -2.27. The van der Waals surface area contributed by atoms with Crippen LogP contribution in [0.1, 0.15) is 30.2 Å². The van der Waals surface area contributed by atoms with E-state index in [4.69, 9.17) is 4.74 Å². The molecule has 0 fully saturated rings. The maximum atomic E-state index is 12.7. The van der Waals surface area contributed by atoms with Crippen molar-refractivity contribution in [2.75, 3.05) is 18.5 Å². The Bertz CT molecular complexity index is 1020. The second-order valence-electron chi connectivity index (χ2n) is 7.29. The third-order valence-electron chi connectivity index (χ3n) is 4.97. The maximum absolute atomic E-state index is 12.7. The molecule has 0 bridgehead atoms. The molecule has 2 heterocycles. The van der Waals surface area contributed by atoms with E-state index in [1.165, 1.54) is 5.56 Å². The average Bonchev–Trinajstić information content (AvgIpc) is 2.74. The minimum Gasteiger partial charge on any atom is -0.494 e. The number of anilines is 2. The minimum absolute atomic E-state index is 0.0753. The molecule has 0 saturated carbocycles. The standard InChI is InChI=1S/C23H26N4O2/c1-2-13-29-19-10-6-9-18(14-19)24-23-25-21-11-12-27(16-20(21)22(28)26-23)15-17-7-4-3-5-8-17/h3-10,14H,2,11-13,15-16H2,1H3,(H2,24,25,26,28). The fourth-order valence-electron chi connectivity index (χ4n) is 3.54. The average molecular weight is 390 g/mol. The summed E-state index contributed by atoms with van der Waals surface area (Å²) >= 11 is 0. The first-order chi connectivity index (χ1) is 14.2. The van der Waals surface area contributed by atoms with Crippen LogP contribution in [0.25, 0.3) is 0 Å². The van der Waals surface area contributed by atoms with Crippen molar-refractivity contribution < 1.29 is 4.74 Å². The van der Waals surface area contributed by atoms with E-state index >= 15 is 0 Å². The van der Waals surface area contributed by atoms with Crippen molar-refractivity contribution in [3.63, 3.8) is 0 Å². The lowest BCUT2D eigenvalue weighted by Crippen LogP contribution is -2.35. The molecule has 0 unspecified atom stereocenters. The van der Waals surface area contributed by atoms with Gasteiger partial charge in [0.05, 0.1) is 17.9 Å². The highest BCUT2D eigenvalue weighted by atomic mass is 16.5. The van der Waals surface area contributed by atoms with Crippen LogP contribution in [0.2, 0.25) is 0 Å². The van der Waals surface area contributed by atoms with Gasteiger partial charge in [0.2, 0.25) is 5.95 Å². The Morgan fingerprint density at radius 3 is 2.86 bits per heavy atom. The number of hydrogen-bond acceptors (Lipinski definition) is 5. The lowest BCUT2D eigenvalue weighted by molar-refractivity contribution is 0.242. The van der Waals surface area contributed by atoms with Crippen LogP contribution in [0, 0.1) is 0 Å². The second kappa shape index (κ2) is 8.92. The van der Waals surface area contributed by atoms with Gasteiger partial charge in [-0.3, -0.25) is 14.7 Å². The predicted molar refractivity (Wildman–Crippen MR) is 115 cm³/mol. The summed E-state index contributed by atoms with van der Waals surface area (Å²) in [6.07, 6.45) is 1.72. The van der Waals surface area contributed by atoms with Gasteiger partial charge < -0.3 is 10.1 Å². The van der Waals surface area contributed by atoms with Gasteiger partial charge >= 0.3 is 0 Å². The normalized spacial score (nSPS) is 13.7. The molecule has 29 heavy (non-hydrogen) atoms. The van der Waals surface area contributed by atoms with Gasteiger partial charge in [-0.25, -0.2) is 4.98 Å². The predicted octanol–water partition coefficient (Wildman–Crippen LogP) is 3.86. The topological polar surface area (TPSA) is 70.2 Å². The monoisotopic (exact) mass is 390 g/mol. The zero-order valence-corrected chi connectivity index (χ0v) is 16.6. The van der Waals surface area contributed by atoms with Crippen LogP contribution < -0.4 is 15.6 Å². The Kier molecular flexibility index (Phi) is 5.91. The summed E-state index contributed by atoms with van der Waals surface area (Å²) in [5.41, 5.74) is 3.65. The molecule has 6 nitrogen and oxygen atoms in total. The van der Waals surface area contributed by atoms with Gasteiger partial charge in [-0.2, -0.15) is 0 Å². The van der Waals surface area contributed by atoms with Crippen LogP contribution in [-0.2, 0) is 19.5 Å². The number of hydrogen-bond donors (Lipinski definition) is 2. The molecule has 3 aromatic rings. The molecule has 0 radical (unpaired) electrons. The van der Waals surface area contributed by atoms with E-state index < -0.39 is 0 Å². The molecule has 2 N–H and O–H groups in total. The Balaban J connectivity index is 1.47. The highest BCUT2D eigenvalue weighted by molar-refractivity contribution is 5.56. The minimum atomic E-state index is -0.0753. The van der Waals surface area contributed by atoms with E-state index in [1.54, 1.807) is 0 Å². The van der Waals surface area contributed by atoms with E-state index in [0.717, 1.165) is 48.6 Å². The van der Waals surface area contributed by atoms with Gasteiger partial charge in [0.25, 0.3) is 5.56 Å².